The molecule has 0 saturated carbocycles. The van der Waals surface area contributed by atoms with Gasteiger partial charge in [0.15, 0.2) is 0 Å². The minimum Gasteiger partial charge on any atom is -0.325 e. The number of fused-ring (bicyclic) bond motifs is 1. The quantitative estimate of drug-likeness (QED) is 0.857. The molecule has 124 valence electrons. The smallest absolute Gasteiger partial charge is 0.285 e. The summed E-state index contributed by atoms with van der Waals surface area (Å²) in [5, 5.41) is 0.812. The second-order valence-electron chi connectivity index (χ2n) is 6.14. The Morgan fingerprint density at radius 3 is 2.25 bits per heavy atom. The number of imide groups is 1. The molecule has 0 aromatic heterocycles. The van der Waals surface area contributed by atoms with E-state index >= 15 is 0 Å². The van der Waals surface area contributed by atoms with Gasteiger partial charge in [-0.3, -0.25) is 14.4 Å². The van der Waals surface area contributed by atoms with Crippen molar-refractivity contribution in [3.8, 4) is 0 Å². The Kier molecular flexibility index (Phi) is 4.46. The zero-order chi connectivity index (χ0) is 17.3. The van der Waals surface area contributed by atoms with Crippen molar-refractivity contribution in [1.82, 2.24) is 5.06 Å². The van der Waals surface area contributed by atoms with E-state index in [2.05, 4.69) is 6.07 Å². The molecule has 24 heavy (non-hydrogen) atoms. The van der Waals surface area contributed by atoms with E-state index in [1.807, 2.05) is 26.0 Å². The summed E-state index contributed by atoms with van der Waals surface area (Å²) in [5.41, 5.74) is 10.4. The van der Waals surface area contributed by atoms with E-state index in [-0.39, 0.29) is 12.6 Å². The summed E-state index contributed by atoms with van der Waals surface area (Å²) in [5.74, 6) is -0.872. The molecule has 5 heteroatoms. The first-order chi connectivity index (χ1) is 11.5. The van der Waals surface area contributed by atoms with Gasteiger partial charge in [0.25, 0.3) is 11.8 Å². The Balaban J connectivity index is 1.62. The van der Waals surface area contributed by atoms with Gasteiger partial charge in [0.05, 0.1) is 17.7 Å². The van der Waals surface area contributed by atoms with Crippen LogP contribution >= 0.6 is 0 Å². The van der Waals surface area contributed by atoms with Crippen LogP contribution in [-0.2, 0) is 11.3 Å². The summed E-state index contributed by atoms with van der Waals surface area (Å²) in [7, 11) is 0. The topological polar surface area (TPSA) is 72.6 Å². The molecular weight excluding hydrogens is 304 g/mol. The van der Waals surface area contributed by atoms with Gasteiger partial charge in [-0.05, 0) is 43.5 Å². The van der Waals surface area contributed by atoms with Gasteiger partial charge in [-0.1, -0.05) is 35.9 Å². The van der Waals surface area contributed by atoms with Gasteiger partial charge in [0, 0.05) is 6.04 Å². The molecule has 2 N–H and O–H groups in total. The predicted molar refractivity (Wildman–Crippen MR) is 90.5 cm³/mol. The number of hydroxylamine groups is 2. The summed E-state index contributed by atoms with van der Waals surface area (Å²) in [6, 6.07) is 12.6. The second kappa shape index (κ2) is 6.55. The van der Waals surface area contributed by atoms with E-state index in [1.54, 1.807) is 24.3 Å². The Morgan fingerprint density at radius 1 is 1.04 bits per heavy atom. The van der Waals surface area contributed by atoms with Crippen LogP contribution in [0.4, 0.5) is 0 Å². The van der Waals surface area contributed by atoms with Gasteiger partial charge in [-0.15, -0.1) is 5.06 Å². The lowest BCUT2D eigenvalue weighted by molar-refractivity contribution is -0.0951. The van der Waals surface area contributed by atoms with Gasteiger partial charge in [0.1, 0.15) is 0 Å². The number of nitrogens with zero attached hydrogens (tertiary/aromatic N) is 1. The standard InChI is InChI=1S/C19H20N2O3/c1-12-7-8-14(13(2)9-12)10-15(20)11-24-21-18(22)16-5-3-4-6-17(16)19(21)23/h3-9,15H,10-11,20H2,1-2H3/t15-/m1/s1. The lowest BCUT2D eigenvalue weighted by Crippen LogP contribution is -2.37. The number of hydrogen-bond donors (Lipinski definition) is 1. The molecule has 0 spiro atoms. The zero-order valence-electron chi connectivity index (χ0n) is 13.8. The molecule has 1 atom stereocenters. The van der Waals surface area contributed by atoms with E-state index < -0.39 is 11.8 Å². The van der Waals surface area contributed by atoms with Crippen LogP contribution in [0.2, 0.25) is 0 Å². The fraction of sp³-hybridized carbons (Fsp3) is 0.263. The molecule has 3 rings (SSSR count). The molecule has 0 unspecified atom stereocenters. The number of rotatable bonds is 5. The van der Waals surface area contributed by atoms with Gasteiger partial charge in [0.2, 0.25) is 0 Å². The average molecular weight is 324 g/mol. The van der Waals surface area contributed by atoms with Crippen molar-refractivity contribution >= 4 is 11.8 Å². The Hall–Kier alpha value is -2.50. The molecule has 5 nitrogen and oxygen atoms in total. The largest absolute Gasteiger partial charge is 0.325 e. The molecule has 2 aromatic carbocycles. The van der Waals surface area contributed by atoms with Crippen molar-refractivity contribution in [3.63, 3.8) is 0 Å². The second-order valence-corrected chi connectivity index (χ2v) is 6.14. The normalized spacial score (nSPS) is 14.9. The third kappa shape index (κ3) is 3.09. The number of amides is 2. The van der Waals surface area contributed by atoms with E-state index in [9.17, 15) is 9.59 Å². The van der Waals surface area contributed by atoms with Gasteiger partial charge in [-0.25, -0.2) is 0 Å². The molecule has 0 saturated heterocycles. The average Bonchev–Trinajstić information content (AvgIpc) is 2.80. The maximum Gasteiger partial charge on any atom is 0.285 e. The highest BCUT2D eigenvalue weighted by Gasteiger charge is 2.36. The lowest BCUT2D eigenvalue weighted by Gasteiger charge is -2.18. The summed E-state index contributed by atoms with van der Waals surface area (Å²) in [4.78, 5) is 29.8. The maximum absolute atomic E-state index is 12.2. The molecule has 0 fully saturated rings. The predicted octanol–water partition coefficient (Wildman–Crippen LogP) is 2.40. The number of aryl methyl sites for hydroxylation is 2. The van der Waals surface area contributed by atoms with Crippen molar-refractivity contribution in [2.24, 2.45) is 5.73 Å². The molecule has 1 aliphatic heterocycles. The third-order valence-corrected chi connectivity index (χ3v) is 4.15. The number of hydrogen-bond acceptors (Lipinski definition) is 4. The third-order valence-electron chi connectivity index (χ3n) is 4.15. The SMILES string of the molecule is Cc1ccc(C[C@@H](N)CON2C(=O)c3ccccc3C2=O)c(C)c1. The fourth-order valence-electron chi connectivity index (χ4n) is 2.87. The number of carbonyl (C=O) groups excluding carboxylic acids is 2. The molecule has 0 radical (unpaired) electrons. The highest BCUT2D eigenvalue weighted by molar-refractivity contribution is 6.20. The monoisotopic (exact) mass is 324 g/mol. The van der Waals surface area contributed by atoms with Crippen LogP contribution in [0, 0.1) is 13.8 Å². The fourth-order valence-corrected chi connectivity index (χ4v) is 2.87. The van der Waals surface area contributed by atoms with Crippen molar-refractivity contribution in [2.45, 2.75) is 26.3 Å². The molecule has 0 aliphatic carbocycles. The number of benzene rings is 2. The summed E-state index contributed by atoms with van der Waals surface area (Å²) in [6.07, 6.45) is 0.620. The molecule has 1 aliphatic rings. The Labute approximate surface area is 141 Å². The van der Waals surface area contributed by atoms with E-state index in [1.165, 1.54) is 11.1 Å². The lowest BCUT2D eigenvalue weighted by atomic mass is 10.00. The summed E-state index contributed by atoms with van der Waals surface area (Å²) < 4.78 is 0. The molecule has 1 heterocycles. The van der Waals surface area contributed by atoms with Gasteiger partial charge >= 0.3 is 0 Å². The molecule has 0 bridgehead atoms. The van der Waals surface area contributed by atoms with Crippen LogP contribution in [0.5, 0.6) is 0 Å². The van der Waals surface area contributed by atoms with E-state index in [4.69, 9.17) is 10.6 Å². The van der Waals surface area contributed by atoms with E-state index in [0.29, 0.717) is 17.5 Å². The molecule has 2 amide bonds. The van der Waals surface area contributed by atoms with Crippen molar-refractivity contribution in [1.29, 1.82) is 0 Å². The van der Waals surface area contributed by atoms with Crippen molar-refractivity contribution < 1.29 is 14.4 Å². The summed E-state index contributed by atoms with van der Waals surface area (Å²) >= 11 is 0. The molecule has 2 aromatic rings. The first-order valence-corrected chi connectivity index (χ1v) is 7.90. The minimum atomic E-state index is -0.436. The highest BCUT2D eigenvalue weighted by atomic mass is 16.7. The first kappa shape index (κ1) is 16.4. The van der Waals surface area contributed by atoms with Crippen LogP contribution in [0.3, 0.4) is 0 Å². The number of carbonyl (C=O) groups is 2. The Bertz CT molecular complexity index is 766. The first-order valence-electron chi connectivity index (χ1n) is 7.90. The Morgan fingerprint density at radius 2 is 1.67 bits per heavy atom. The van der Waals surface area contributed by atoms with Gasteiger partial charge in [-0.2, -0.15) is 0 Å². The van der Waals surface area contributed by atoms with Crippen LogP contribution < -0.4 is 5.73 Å². The van der Waals surface area contributed by atoms with Gasteiger partial charge < -0.3 is 5.73 Å². The molecular formula is C19H20N2O3. The minimum absolute atomic E-state index is 0.0960. The van der Waals surface area contributed by atoms with Crippen LogP contribution in [0.15, 0.2) is 42.5 Å². The van der Waals surface area contributed by atoms with E-state index in [0.717, 1.165) is 10.6 Å². The van der Waals surface area contributed by atoms with Crippen molar-refractivity contribution in [2.75, 3.05) is 6.61 Å². The summed E-state index contributed by atoms with van der Waals surface area (Å²) in [6.45, 7) is 4.18. The maximum atomic E-state index is 12.2. The zero-order valence-corrected chi connectivity index (χ0v) is 13.8. The number of nitrogens with two attached hydrogens (primary N) is 1. The highest BCUT2D eigenvalue weighted by Crippen LogP contribution is 2.22. The van der Waals surface area contributed by atoms with Crippen LogP contribution in [-0.4, -0.2) is 29.5 Å². The van der Waals surface area contributed by atoms with Crippen LogP contribution in [0.1, 0.15) is 37.4 Å². The van der Waals surface area contributed by atoms with Crippen LogP contribution in [0.25, 0.3) is 0 Å². The van der Waals surface area contributed by atoms with Crippen molar-refractivity contribution in [3.05, 3.63) is 70.3 Å².